The lowest BCUT2D eigenvalue weighted by atomic mass is 9.95. The molecule has 1 unspecified atom stereocenters. The summed E-state index contributed by atoms with van der Waals surface area (Å²) in [4.78, 5) is 18.7. The van der Waals surface area contributed by atoms with Gasteiger partial charge in [0, 0.05) is 26.3 Å². The average Bonchev–Trinajstić information content (AvgIpc) is 2.46. The fourth-order valence-electron chi connectivity index (χ4n) is 3.76. The number of anilines is 1. The van der Waals surface area contributed by atoms with Crippen LogP contribution in [0.2, 0.25) is 0 Å². The highest BCUT2D eigenvalue weighted by Crippen LogP contribution is 2.32. The molecule has 2 N–H and O–H groups in total. The van der Waals surface area contributed by atoms with Crippen LogP contribution < -0.4 is 5.32 Å². The molecule has 1 amide bonds. The Morgan fingerprint density at radius 1 is 1.48 bits per heavy atom. The van der Waals surface area contributed by atoms with E-state index < -0.39 is 6.09 Å². The maximum absolute atomic E-state index is 12.0. The molecule has 1 saturated heterocycles. The Labute approximate surface area is 138 Å². The third-order valence-corrected chi connectivity index (χ3v) is 5.07. The summed E-state index contributed by atoms with van der Waals surface area (Å²) in [6.07, 6.45) is 1.17. The number of aromatic nitrogens is 1. The van der Waals surface area contributed by atoms with Crippen molar-refractivity contribution in [2.45, 2.75) is 45.8 Å². The molecule has 0 radical (unpaired) electrons. The summed E-state index contributed by atoms with van der Waals surface area (Å²) >= 11 is 0. The van der Waals surface area contributed by atoms with Crippen LogP contribution in [-0.2, 0) is 6.54 Å². The maximum atomic E-state index is 12.0. The van der Waals surface area contributed by atoms with Gasteiger partial charge in [-0.25, -0.2) is 9.47 Å². The molecule has 6 heteroatoms. The smallest absolute Gasteiger partial charge is 0.435 e. The van der Waals surface area contributed by atoms with Crippen molar-refractivity contribution in [1.29, 1.82) is 0 Å². The van der Waals surface area contributed by atoms with Crippen molar-refractivity contribution >= 4 is 11.9 Å². The number of carboxylic acid groups (broad SMARTS) is 1. The van der Waals surface area contributed by atoms with E-state index >= 15 is 0 Å². The van der Waals surface area contributed by atoms with E-state index in [2.05, 4.69) is 21.3 Å². The van der Waals surface area contributed by atoms with Gasteiger partial charge in [0.05, 0.1) is 6.54 Å². The fourth-order valence-corrected chi connectivity index (χ4v) is 3.76. The Morgan fingerprint density at radius 3 is 2.61 bits per heavy atom. The van der Waals surface area contributed by atoms with Gasteiger partial charge < -0.3 is 10.4 Å². The van der Waals surface area contributed by atoms with Crippen molar-refractivity contribution in [1.82, 2.24) is 9.88 Å². The lowest BCUT2D eigenvalue weighted by Gasteiger charge is -2.52. The highest BCUT2D eigenvalue weighted by atomic mass is 16.4. The van der Waals surface area contributed by atoms with Crippen LogP contribution in [0, 0.1) is 0 Å². The Bertz CT molecular complexity index is 553. The van der Waals surface area contributed by atoms with E-state index in [4.69, 9.17) is 0 Å². The molecule has 1 aliphatic heterocycles. The summed E-state index contributed by atoms with van der Waals surface area (Å²) in [7, 11) is 1.85. The average molecular weight is 321 g/mol. The molecule has 0 aromatic carbocycles. The Balaban J connectivity index is 2.09. The van der Waals surface area contributed by atoms with Crippen molar-refractivity contribution < 1.29 is 14.4 Å². The lowest BCUT2D eigenvalue weighted by Crippen LogP contribution is -2.73. The number of rotatable bonds is 3. The molecule has 0 spiro atoms. The molecule has 0 saturated carbocycles. The zero-order valence-corrected chi connectivity index (χ0v) is 14.8. The summed E-state index contributed by atoms with van der Waals surface area (Å²) in [6, 6.07) is 4.09. The molecule has 1 aromatic heterocycles. The van der Waals surface area contributed by atoms with E-state index in [1.54, 1.807) is 0 Å². The van der Waals surface area contributed by atoms with Crippen LogP contribution in [-0.4, -0.2) is 63.8 Å². The zero-order chi connectivity index (χ0) is 17.3. The molecule has 23 heavy (non-hydrogen) atoms. The van der Waals surface area contributed by atoms with Crippen molar-refractivity contribution in [2.24, 2.45) is 0 Å². The van der Waals surface area contributed by atoms with E-state index in [0.29, 0.717) is 6.54 Å². The van der Waals surface area contributed by atoms with Crippen LogP contribution >= 0.6 is 0 Å². The van der Waals surface area contributed by atoms with Crippen LogP contribution in [0.3, 0.4) is 0 Å². The van der Waals surface area contributed by atoms with E-state index in [-0.39, 0.29) is 16.1 Å². The van der Waals surface area contributed by atoms with Gasteiger partial charge >= 0.3 is 6.09 Å². The standard InChI is InChI=1S/C17H28N4O2/c1-13-11-20(12-14-6-7-15(18-5)19-10-14)8-9-21(13,16(22)23)17(2,3)4/h6-7,10,13H,8-9,11-12H2,1-5H3,(H-,18,19,22,23)/p+1/t13-,21?/m0/s1. The van der Waals surface area contributed by atoms with Crippen LogP contribution in [0.1, 0.15) is 33.3 Å². The van der Waals surface area contributed by atoms with Gasteiger partial charge in [0.2, 0.25) is 0 Å². The molecular weight excluding hydrogens is 292 g/mol. The molecule has 128 valence electrons. The monoisotopic (exact) mass is 321 g/mol. The summed E-state index contributed by atoms with van der Waals surface area (Å²) in [5.74, 6) is 0.857. The normalized spacial score (nSPS) is 26.0. The molecule has 2 heterocycles. The second-order valence-corrected chi connectivity index (χ2v) is 7.43. The molecule has 0 aliphatic carbocycles. The van der Waals surface area contributed by atoms with Crippen LogP contribution in [0.4, 0.5) is 10.6 Å². The number of hydrogen-bond donors (Lipinski definition) is 2. The number of nitrogens with zero attached hydrogens (tertiary/aromatic N) is 3. The minimum atomic E-state index is -0.718. The highest BCUT2D eigenvalue weighted by molar-refractivity contribution is 5.58. The number of amides is 1. The van der Waals surface area contributed by atoms with Gasteiger partial charge in [0.25, 0.3) is 0 Å². The molecule has 1 fully saturated rings. The van der Waals surface area contributed by atoms with Gasteiger partial charge in [0.15, 0.2) is 0 Å². The van der Waals surface area contributed by atoms with Gasteiger partial charge in [-0.05, 0) is 39.3 Å². The highest BCUT2D eigenvalue weighted by Gasteiger charge is 2.54. The third-order valence-electron chi connectivity index (χ3n) is 5.07. The molecule has 2 atom stereocenters. The second-order valence-electron chi connectivity index (χ2n) is 7.43. The van der Waals surface area contributed by atoms with Crippen molar-refractivity contribution in [3.8, 4) is 0 Å². The molecule has 6 nitrogen and oxygen atoms in total. The van der Waals surface area contributed by atoms with Crippen LogP contribution in [0.25, 0.3) is 0 Å². The molecule has 2 rings (SSSR count). The van der Waals surface area contributed by atoms with Gasteiger partial charge in [-0.1, -0.05) is 6.07 Å². The summed E-state index contributed by atoms with van der Waals surface area (Å²) in [5.41, 5.74) is 0.843. The third kappa shape index (κ3) is 3.33. The lowest BCUT2D eigenvalue weighted by molar-refractivity contribution is -0.929. The zero-order valence-electron chi connectivity index (χ0n) is 14.8. The minimum absolute atomic E-state index is 0.0470. The van der Waals surface area contributed by atoms with E-state index in [0.717, 1.165) is 31.0 Å². The Morgan fingerprint density at radius 2 is 2.17 bits per heavy atom. The molecule has 0 bridgehead atoms. The van der Waals surface area contributed by atoms with Crippen molar-refractivity contribution in [3.05, 3.63) is 23.9 Å². The predicted octanol–water partition coefficient (Wildman–Crippen LogP) is 2.62. The maximum Gasteiger partial charge on any atom is 0.514 e. The SMILES string of the molecule is CNc1ccc(CN2CC[N+](C(=O)O)(C(C)(C)C)[C@@H](C)C2)cn1. The minimum Gasteiger partial charge on any atom is -0.435 e. The second kappa shape index (κ2) is 6.45. The molecule has 1 aromatic rings. The first-order valence-corrected chi connectivity index (χ1v) is 8.17. The number of hydrogen-bond acceptors (Lipinski definition) is 4. The molecular formula is C17H29N4O2+. The Kier molecular flexibility index (Phi) is 4.96. The number of quaternary nitrogens is 1. The van der Waals surface area contributed by atoms with Crippen molar-refractivity contribution in [2.75, 3.05) is 32.0 Å². The Hall–Kier alpha value is -1.66. The van der Waals surface area contributed by atoms with Crippen molar-refractivity contribution in [3.63, 3.8) is 0 Å². The number of carbonyl (C=O) groups is 1. The quantitative estimate of drug-likeness (QED) is 0.838. The van der Waals surface area contributed by atoms with Crippen LogP contribution in [0.5, 0.6) is 0 Å². The van der Waals surface area contributed by atoms with Crippen LogP contribution in [0.15, 0.2) is 18.3 Å². The van der Waals surface area contributed by atoms with Gasteiger partial charge in [0.1, 0.15) is 23.9 Å². The largest absolute Gasteiger partial charge is 0.514 e. The first kappa shape index (κ1) is 17.7. The van der Waals surface area contributed by atoms with E-state index in [1.807, 2.05) is 47.0 Å². The molecule has 1 aliphatic rings. The predicted molar refractivity (Wildman–Crippen MR) is 91.4 cm³/mol. The van der Waals surface area contributed by atoms with E-state index in [9.17, 15) is 9.90 Å². The summed E-state index contributed by atoms with van der Waals surface area (Å²) in [6.45, 7) is 11.1. The first-order valence-electron chi connectivity index (χ1n) is 8.17. The summed E-state index contributed by atoms with van der Waals surface area (Å²) < 4.78 is 0.125. The van der Waals surface area contributed by atoms with Gasteiger partial charge in [-0.15, -0.1) is 0 Å². The number of nitrogens with one attached hydrogen (secondary N) is 1. The number of piperazine rings is 1. The fraction of sp³-hybridized carbons (Fsp3) is 0.647. The number of pyridine rings is 1. The van der Waals surface area contributed by atoms with Gasteiger partial charge in [-0.3, -0.25) is 4.90 Å². The van der Waals surface area contributed by atoms with E-state index in [1.165, 1.54) is 0 Å². The summed E-state index contributed by atoms with van der Waals surface area (Å²) in [5, 5.41) is 12.9. The topological polar surface area (TPSA) is 65.5 Å². The van der Waals surface area contributed by atoms with Gasteiger partial charge in [-0.2, -0.15) is 4.79 Å². The first-order chi connectivity index (χ1) is 10.7.